The molecule has 0 atom stereocenters. The molecule has 0 radical (unpaired) electrons. The summed E-state index contributed by atoms with van der Waals surface area (Å²) in [5.74, 6) is 0. The second-order valence-electron chi connectivity index (χ2n) is 5.13. The molecule has 19 heavy (non-hydrogen) atoms. The van der Waals surface area contributed by atoms with Crippen molar-refractivity contribution in [3.8, 4) is 0 Å². The predicted molar refractivity (Wildman–Crippen MR) is 74.2 cm³/mol. The van der Waals surface area contributed by atoms with Crippen LogP contribution in [0, 0.1) is 0 Å². The monoisotopic (exact) mass is 284 g/mol. The lowest BCUT2D eigenvalue weighted by molar-refractivity contribution is 0.0956. The molecule has 0 heterocycles. The molecule has 0 saturated carbocycles. The van der Waals surface area contributed by atoms with Crippen molar-refractivity contribution in [2.45, 2.75) is 32.9 Å². The van der Waals surface area contributed by atoms with Gasteiger partial charge < -0.3 is 10.3 Å². The molecule has 0 fully saturated rings. The van der Waals surface area contributed by atoms with E-state index >= 15 is 0 Å². The lowest BCUT2D eigenvalue weighted by atomic mass is 10.0. The van der Waals surface area contributed by atoms with Crippen LogP contribution in [0.5, 0.6) is 0 Å². The maximum atomic E-state index is 11.3. The Morgan fingerprint density at radius 1 is 1.47 bits per heavy atom. The van der Waals surface area contributed by atoms with Crippen LogP contribution < -0.4 is 0 Å². The zero-order valence-corrected chi connectivity index (χ0v) is 11.8. The number of benzene rings is 1. The summed E-state index contributed by atoms with van der Waals surface area (Å²) in [6.45, 7) is 5.61. The van der Waals surface area contributed by atoms with E-state index in [1.807, 2.05) is 20.8 Å². The van der Waals surface area contributed by atoms with E-state index in [4.69, 9.17) is 16.8 Å². The van der Waals surface area contributed by atoms with Gasteiger partial charge in [-0.15, -0.1) is 0 Å². The van der Waals surface area contributed by atoms with Crippen LogP contribution in [0.4, 0.5) is 4.79 Å². The fraction of sp³-hybridized carbons (Fsp3) is 0.385. The van der Waals surface area contributed by atoms with Gasteiger partial charge in [-0.25, -0.2) is 4.79 Å². The lowest BCUT2D eigenvalue weighted by Gasteiger charge is -2.33. The Bertz CT molecular complexity index is 495. The summed E-state index contributed by atoms with van der Waals surface area (Å²) in [7, 11) is 0. The molecule has 1 aromatic rings. The summed E-state index contributed by atoms with van der Waals surface area (Å²) in [4.78, 5) is 12.6. The maximum Gasteiger partial charge on any atom is 0.408 e. The Hall–Kier alpha value is -1.75. The fourth-order valence-corrected chi connectivity index (χ4v) is 1.80. The standard InChI is InChI=1S/C13H17ClN2O3/c1-13(2,3)16(12(17)18)8-10-6-9(7-15-19)4-5-11(10)14/h4-7,19H,8H2,1-3H3,(H,17,18)/b15-7+. The van der Waals surface area contributed by atoms with Crippen molar-refractivity contribution in [2.24, 2.45) is 5.16 Å². The summed E-state index contributed by atoms with van der Waals surface area (Å²) >= 11 is 6.07. The zero-order valence-electron chi connectivity index (χ0n) is 11.1. The van der Waals surface area contributed by atoms with Gasteiger partial charge in [0.2, 0.25) is 0 Å². The largest absolute Gasteiger partial charge is 0.465 e. The Labute approximate surface area is 117 Å². The van der Waals surface area contributed by atoms with E-state index in [9.17, 15) is 9.90 Å². The van der Waals surface area contributed by atoms with Gasteiger partial charge in [0.15, 0.2) is 0 Å². The summed E-state index contributed by atoms with van der Waals surface area (Å²) < 4.78 is 0. The van der Waals surface area contributed by atoms with Gasteiger partial charge in [-0.3, -0.25) is 4.90 Å². The average Bonchev–Trinajstić information content (AvgIpc) is 2.28. The number of carbonyl (C=O) groups is 1. The van der Waals surface area contributed by atoms with E-state index in [0.29, 0.717) is 16.1 Å². The van der Waals surface area contributed by atoms with Gasteiger partial charge in [0.25, 0.3) is 0 Å². The van der Waals surface area contributed by atoms with Crippen molar-refractivity contribution in [3.05, 3.63) is 34.3 Å². The van der Waals surface area contributed by atoms with E-state index in [-0.39, 0.29) is 6.54 Å². The van der Waals surface area contributed by atoms with Crippen LogP contribution >= 0.6 is 11.6 Å². The Balaban J connectivity index is 3.09. The van der Waals surface area contributed by atoms with Crippen LogP contribution in [0.25, 0.3) is 0 Å². The van der Waals surface area contributed by atoms with E-state index < -0.39 is 11.6 Å². The predicted octanol–water partition coefficient (Wildman–Crippen LogP) is 3.43. The molecule has 0 bridgehead atoms. The summed E-state index contributed by atoms with van der Waals surface area (Å²) in [5.41, 5.74) is 0.786. The van der Waals surface area contributed by atoms with Crippen molar-refractivity contribution in [1.29, 1.82) is 0 Å². The highest BCUT2D eigenvalue weighted by atomic mass is 35.5. The third-order valence-electron chi connectivity index (χ3n) is 2.65. The molecule has 1 amide bonds. The van der Waals surface area contributed by atoms with E-state index in [2.05, 4.69) is 5.16 Å². The van der Waals surface area contributed by atoms with Crippen LogP contribution in [0.1, 0.15) is 31.9 Å². The Morgan fingerprint density at radius 2 is 2.11 bits per heavy atom. The molecule has 1 rings (SSSR count). The molecule has 0 aliphatic rings. The Kier molecular flexibility index (Phi) is 4.78. The highest BCUT2D eigenvalue weighted by molar-refractivity contribution is 6.31. The molecule has 0 unspecified atom stereocenters. The quantitative estimate of drug-likeness (QED) is 0.507. The topological polar surface area (TPSA) is 73.1 Å². The van der Waals surface area contributed by atoms with Crippen LogP contribution in [0.3, 0.4) is 0 Å². The van der Waals surface area contributed by atoms with E-state index in [1.165, 1.54) is 11.1 Å². The maximum absolute atomic E-state index is 11.3. The first-order chi connectivity index (χ1) is 8.75. The average molecular weight is 285 g/mol. The Morgan fingerprint density at radius 3 is 2.58 bits per heavy atom. The van der Waals surface area contributed by atoms with E-state index in [1.54, 1.807) is 18.2 Å². The molecule has 0 aliphatic heterocycles. The van der Waals surface area contributed by atoms with Gasteiger partial charge in [-0.1, -0.05) is 22.8 Å². The summed E-state index contributed by atoms with van der Waals surface area (Å²) in [5, 5.41) is 21.2. The third kappa shape index (κ3) is 4.13. The number of hydrogen-bond acceptors (Lipinski definition) is 3. The van der Waals surface area contributed by atoms with Crippen LogP contribution in [0.15, 0.2) is 23.4 Å². The minimum absolute atomic E-state index is 0.171. The molecular weight excluding hydrogens is 268 g/mol. The second-order valence-corrected chi connectivity index (χ2v) is 5.54. The highest BCUT2D eigenvalue weighted by Gasteiger charge is 2.26. The molecular formula is C13H17ClN2O3. The summed E-state index contributed by atoms with van der Waals surface area (Å²) in [6.07, 6.45) is 0.256. The molecule has 0 saturated heterocycles. The molecule has 0 aliphatic carbocycles. The van der Waals surface area contributed by atoms with Gasteiger partial charge in [0.05, 0.1) is 12.8 Å². The van der Waals surface area contributed by atoms with Gasteiger partial charge in [-0.2, -0.15) is 0 Å². The van der Waals surface area contributed by atoms with Gasteiger partial charge in [0.1, 0.15) is 0 Å². The van der Waals surface area contributed by atoms with Crippen LogP contribution in [-0.4, -0.2) is 33.1 Å². The second kappa shape index (κ2) is 5.93. The molecule has 2 N–H and O–H groups in total. The highest BCUT2D eigenvalue weighted by Crippen LogP contribution is 2.23. The first kappa shape index (κ1) is 15.3. The smallest absolute Gasteiger partial charge is 0.408 e. The minimum atomic E-state index is -1.01. The van der Waals surface area contributed by atoms with E-state index in [0.717, 1.165) is 0 Å². The lowest BCUT2D eigenvalue weighted by Crippen LogP contribution is -2.44. The fourth-order valence-electron chi connectivity index (χ4n) is 1.62. The molecule has 5 nitrogen and oxygen atoms in total. The van der Waals surface area contributed by atoms with Crippen molar-refractivity contribution in [1.82, 2.24) is 4.90 Å². The molecule has 0 spiro atoms. The van der Waals surface area contributed by atoms with Crippen molar-refractivity contribution >= 4 is 23.9 Å². The number of carboxylic acid groups (broad SMARTS) is 1. The number of hydrogen-bond donors (Lipinski definition) is 2. The SMILES string of the molecule is CC(C)(C)N(Cc1cc(/C=N/O)ccc1Cl)C(=O)O. The molecule has 1 aromatic carbocycles. The molecule has 0 aromatic heterocycles. The van der Waals surface area contributed by atoms with Gasteiger partial charge in [0, 0.05) is 10.6 Å². The molecule has 6 heteroatoms. The summed E-state index contributed by atoms with van der Waals surface area (Å²) in [6, 6.07) is 5.04. The number of oxime groups is 1. The third-order valence-corrected chi connectivity index (χ3v) is 3.01. The minimum Gasteiger partial charge on any atom is -0.465 e. The van der Waals surface area contributed by atoms with Crippen molar-refractivity contribution in [2.75, 3.05) is 0 Å². The van der Waals surface area contributed by atoms with Gasteiger partial charge in [-0.05, 0) is 44.0 Å². The first-order valence-electron chi connectivity index (χ1n) is 5.72. The number of halogens is 1. The van der Waals surface area contributed by atoms with Gasteiger partial charge >= 0.3 is 6.09 Å². The normalized spacial score (nSPS) is 11.8. The van der Waals surface area contributed by atoms with Crippen LogP contribution in [-0.2, 0) is 6.54 Å². The van der Waals surface area contributed by atoms with Crippen molar-refractivity contribution < 1.29 is 15.1 Å². The van der Waals surface area contributed by atoms with Crippen LogP contribution in [0.2, 0.25) is 5.02 Å². The number of rotatable bonds is 3. The first-order valence-corrected chi connectivity index (χ1v) is 6.10. The number of amides is 1. The van der Waals surface area contributed by atoms with Crippen molar-refractivity contribution in [3.63, 3.8) is 0 Å². The zero-order chi connectivity index (χ0) is 14.6. The molecule has 104 valence electrons. The number of nitrogens with zero attached hydrogens (tertiary/aromatic N) is 2.